The van der Waals surface area contributed by atoms with Crippen LogP contribution in [-0.2, 0) is 0 Å². The molecular weight excluding hydrogens is 322 g/mol. The fraction of sp³-hybridized carbons (Fsp3) is 0. The molecule has 124 valence electrons. The fourth-order valence-electron chi connectivity index (χ4n) is 2.47. The number of ketones is 1. The molecule has 1 heterocycles. The van der Waals surface area contributed by atoms with Gasteiger partial charge in [-0.3, -0.25) is 14.9 Å². The molecule has 1 N–H and O–H groups in total. The number of carbonyl (C=O) groups is 1. The Balaban J connectivity index is 1.96. The standard InChI is InChI=1S/C18H13N3O4/c22-18(13-4-2-1-3-5-13)15-8-9-20(12-15)16-7-6-14(11-19-23)17(10-16)21(24)25/h1-12,23H/b19-11+. The highest BCUT2D eigenvalue weighted by Gasteiger charge is 2.15. The Labute approximate surface area is 142 Å². The van der Waals surface area contributed by atoms with E-state index in [1.807, 2.05) is 6.07 Å². The number of nitro benzene ring substituents is 1. The lowest BCUT2D eigenvalue weighted by atomic mass is 10.1. The minimum absolute atomic E-state index is 0.127. The van der Waals surface area contributed by atoms with Gasteiger partial charge in [-0.15, -0.1) is 0 Å². The van der Waals surface area contributed by atoms with E-state index in [4.69, 9.17) is 5.21 Å². The third kappa shape index (κ3) is 3.30. The van der Waals surface area contributed by atoms with Gasteiger partial charge >= 0.3 is 0 Å². The number of benzene rings is 2. The van der Waals surface area contributed by atoms with Gasteiger partial charge in [0.2, 0.25) is 0 Å². The highest BCUT2D eigenvalue weighted by Crippen LogP contribution is 2.22. The molecule has 3 rings (SSSR count). The zero-order valence-corrected chi connectivity index (χ0v) is 12.9. The molecule has 0 spiro atoms. The maximum Gasteiger partial charge on any atom is 0.280 e. The predicted molar refractivity (Wildman–Crippen MR) is 91.7 cm³/mol. The number of aromatic nitrogens is 1. The summed E-state index contributed by atoms with van der Waals surface area (Å²) in [6, 6.07) is 15.0. The van der Waals surface area contributed by atoms with E-state index in [2.05, 4.69) is 5.16 Å². The summed E-state index contributed by atoms with van der Waals surface area (Å²) < 4.78 is 1.63. The highest BCUT2D eigenvalue weighted by molar-refractivity contribution is 6.08. The molecule has 0 fully saturated rings. The molecule has 2 aromatic carbocycles. The molecule has 7 heteroatoms. The number of nitro groups is 1. The molecule has 0 amide bonds. The van der Waals surface area contributed by atoms with Crippen LogP contribution in [0.2, 0.25) is 0 Å². The summed E-state index contributed by atoms with van der Waals surface area (Å²) in [6.07, 6.45) is 4.28. The maximum atomic E-state index is 12.4. The Hall–Kier alpha value is -3.74. The van der Waals surface area contributed by atoms with E-state index in [0.717, 1.165) is 6.21 Å². The summed E-state index contributed by atoms with van der Waals surface area (Å²) in [4.78, 5) is 23.1. The molecule has 1 aromatic heterocycles. The summed E-state index contributed by atoms with van der Waals surface area (Å²) in [5.41, 5.74) is 1.56. The fourth-order valence-corrected chi connectivity index (χ4v) is 2.47. The van der Waals surface area contributed by atoms with Crippen LogP contribution < -0.4 is 0 Å². The van der Waals surface area contributed by atoms with Gasteiger partial charge in [0.05, 0.1) is 22.4 Å². The second-order valence-electron chi connectivity index (χ2n) is 5.25. The molecule has 7 nitrogen and oxygen atoms in total. The van der Waals surface area contributed by atoms with Crippen molar-refractivity contribution >= 4 is 17.7 Å². The van der Waals surface area contributed by atoms with Crippen molar-refractivity contribution in [3.8, 4) is 5.69 Å². The van der Waals surface area contributed by atoms with Crippen molar-refractivity contribution in [3.05, 3.63) is 93.8 Å². The van der Waals surface area contributed by atoms with Crippen molar-refractivity contribution in [2.24, 2.45) is 5.16 Å². The number of rotatable bonds is 5. The van der Waals surface area contributed by atoms with E-state index in [9.17, 15) is 14.9 Å². The zero-order chi connectivity index (χ0) is 17.8. The van der Waals surface area contributed by atoms with E-state index in [1.165, 1.54) is 12.1 Å². The molecule has 0 aliphatic carbocycles. The molecule has 0 radical (unpaired) electrons. The van der Waals surface area contributed by atoms with Crippen molar-refractivity contribution in [2.75, 3.05) is 0 Å². The van der Waals surface area contributed by atoms with Gasteiger partial charge in [0, 0.05) is 29.6 Å². The van der Waals surface area contributed by atoms with Gasteiger partial charge in [-0.2, -0.15) is 0 Å². The van der Waals surface area contributed by atoms with Crippen LogP contribution in [-0.4, -0.2) is 26.7 Å². The third-order valence-electron chi connectivity index (χ3n) is 3.70. The van der Waals surface area contributed by atoms with E-state index < -0.39 is 4.92 Å². The van der Waals surface area contributed by atoms with Crippen LogP contribution >= 0.6 is 0 Å². The van der Waals surface area contributed by atoms with Crippen LogP contribution in [0.15, 0.2) is 72.1 Å². The average Bonchev–Trinajstić information content (AvgIpc) is 3.12. The number of hydrogen-bond acceptors (Lipinski definition) is 5. The molecular formula is C18H13N3O4. The van der Waals surface area contributed by atoms with E-state index in [1.54, 1.807) is 53.4 Å². The Morgan fingerprint density at radius 3 is 2.56 bits per heavy atom. The number of nitrogens with zero attached hydrogens (tertiary/aromatic N) is 3. The topological polar surface area (TPSA) is 97.7 Å². The van der Waals surface area contributed by atoms with Crippen LogP contribution in [0.3, 0.4) is 0 Å². The van der Waals surface area contributed by atoms with Gasteiger partial charge in [0.25, 0.3) is 5.69 Å². The summed E-state index contributed by atoms with van der Waals surface area (Å²) >= 11 is 0. The SMILES string of the molecule is O=C(c1ccccc1)c1ccn(-c2ccc(/C=N/O)c([N+](=O)[O-])c2)c1. The van der Waals surface area contributed by atoms with Gasteiger partial charge < -0.3 is 9.77 Å². The van der Waals surface area contributed by atoms with Gasteiger partial charge in [0.15, 0.2) is 5.78 Å². The van der Waals surface area contributed by atoms with Crippen molar-refractivity contribution in [1.29, 1.82) is 0 Å². The molecule has 0 unspecified atom stereocenters. The van der Waals surface area contributed by atoms with E-state index in [-0.39, 0.29) is 17.0 Å². The number of carbonyl (C=O) groups excluding carboxylic acids is 1. The predicted octanol–water partition coefficient (Wildman–Crippen LogP) is 3.42. The molecule has 0 atom stereocenters. The summed E-state index contributed by atoms with van der Waals surface area (Å²) in [6.45, 7) is 0. The zero-order valence-electron chi connectivity index (χ0n) is 12.9. The molecule has 0 saturated carbocycles. The van der Waals surface area contributed by atoms with Crippen LogP contribution in [0.25, 0.3) is 5.69 Å². The maximum absolute atomic E-state index is 12.4. The molecule has 3 aromatic rings. The summed E-state index contributed by atoms with van der Waals surface area (Å²) in [5, 5.41) is 22.6. The Kier molecular flexibility index (Phi) is 4.38. The van der Waals surface area contributed by atoms with Crippen molar-refractivity contribution in [3.63, 3.8) is 0 Å². The van der Waals surface area contributed by atoms with Gasteiger partial charge in [0.1, 0.15) is 0 Å². The van der Waals surface area contributed by atoms with Crippen molar-refractivity contribution < 1.29 is 14.9 Å². The van der Waals surface area contributed by atoms with Crippen molar-refractivity contribution in [2.45, 2.75) is 0 Å². The Bertz CT molecular complexity index is 961. The minimum atomic E-state index is -0.556. The van der Waals surface area contributed by atoms with Gasteiger partial charge in [-0.05, 0) is 18.2 Å². The third-order valence-corrected chi connectivity index (χ3v) is 3.70. The quantitative estimate of drug-likeness (QED) is 0.254. The largest absolute Gasteiger partial charge is 0.411 e. The monoisotopic (exact) mass is 335 g/mol. The van der Waals surface area contributed by atoms with Crippen LogP contribution in [0.4, 0.5) is 5.69 Å². The Morgan fingerprint density at radius 2 is 1.88 bits per heavy atom. The number of oxime groups is 1. The minimum Gasteiger partial charge on any atom is -0.411 e. The molecule has 0 saturated heterocycles. The Morgan fingerprint density at radius 1 is 1.12 bits per heavy atom. The molecule has 0 bridgehead atoms. The normalized spacial score (nSPS) is 10.9. The lowest BCUT2D eigenvalue weighted by Crippen LogP contribution is -2.00. The molecule has 0 aliphatic heterocycles. The lowest BCUT2D eigenvalue weighted by Gasteiger charge is -2.04. The highest BCUT2D eigenvalue weighted by atomic mass is 16.6. The summed E-state index contributed by atoms with van der Waals surface area (Å²) in [5.74, 6) is -0.127. The molecule has 0 aliphatic rings. The first kappa shape index (κ1) is 16.1. The first-order chi connectivity index (χ1) is 12.1. The van der Waals surface area contributed by atoms with E-state index >= 15 is 0 Å². The lowest BCUT2D eigenvalue weighted by molar-refractivity contribution is -0.385. The van der Waals surface area contributed by atoms with E-state index in [0.29, 0.717) is 16.8 Å². The first-order valence-corrected chi connectivity index (χ1v) is 7.34. The summed E-state index contributed by atoms with van der Waals surface area (Å²) in [7, 11) is 0. The smallest absolute Gasteiger partial charge is 0.280 e. The van der Waals surface area contributed by atoms with Crippen molar-refractivity contribution in [1.82, 2.24) is 4.57 Å². The first-order valence-electron chi connectivity index (χ1n) is 7.34. The van der Waals surface area contributed by atoms with Crippen LogP contribution in [0.5, 0.6) is 0 Å². The van der Waals surface area contributed by atoms with Crippen LogP contribution in [0.1, 0.15) is 21.5 Å². The molecule has 25 heavy (non-hydrogen) atoms. The second kappa shape index (κ2) is 6.79. The second-order valence-corrected chi connectivity index (χ2v) is 5.25. The number of hydrogen-bond donors (Lipinski definition) is 1. The van der Waals surface area contributed by atoms with Crippen LogP contribution in [0, 0.1) is 10.1 Å². The average molecular weight is 335 g/mol. The van der Waals surface area contributed by atoms with Gasteiger partial charge in [-0.1, -0.05) is 35.5 Å². The van der Waals surface area contributed by atoms with Gasteiger partial charge in [-0.25, -0.2) is 0 Å².